The average molecular weight is 378 g/mol. The second kappa shape index (κ2) is 8.17. The van der Waals surface area contributed by atoms with E-state index in [2.05, 4.69) is 53.5 Å². The third kappa shape index (κ3) is 5.13. The van der Waals surface area contributed by atoms with Gasteiger partial charge in [0.1, 0.15) is 5.82 Å². The number of carbonyl (C=O) groups excluding carboxylic acids is 1. The lowest BCUT2D eigenvalue weighted by Gasteiger charge is -2.19. The monoisotopic (exact) mass is 378 g/mol. The number of halogens is 1. The van der Waals surface area contributed by atoms with Crippen LogP contribution in [-0.4, -0.2) is 15.9 Å². The number of anilines is 2. The Bertz CT molecular complexity index is 930. The van der Waals surface area contributed by atoms with Gasteiger partial charge in [0.2, 0.25) is 5.95 Å². The predicted molar refractivity (Wildman–Crippen MR) is 108 cm³/mol. The molecule has 2 aromatic carbocycles. The van der Waals surface area contributed by atoms with E-state index in [1.54, 1.807) is 12.1 Å². The molecule has 0 aliphatic rings. The van der Waals surface area contributed by atoms with Crippen LogP contribution in [0.3, 0.4) is 0 Å². The first kappa shape index (κ1) is 19.5. The van der Waals surface area contributed by atoms with Gasteiger partial charge in [0.15, 0.2) is 0 Å². The van der Waals surface area contributed by atoms with Gasteiger partial charge in [-0.05, 0) is 40.8 Å². The first-order valence-corrected chi connectivity index (χ1v) is 9.03. The summed E-state index contributed by atoms with van der Waals surface area (Å²) in [5, 5.41) is 5.88. The zero-order chi connectivity index (χ0) is 20.1. The van der Waals surface area contributed by atoms with Crippen molar-refractivity contribution in [2.75, 3.05) is 5.32 Å². The molecule has 0 fully saturated rings. The third-order valence-electron chi connectivity index (χ3n) is 4.29. The lowest BCUT2D eigenvalue weighted by molar-refractivity contribution is 0.0950. The molecule has 0 saturated carbocycles. The van der Waals surface area contributed by atoms with Crippen LogP contribution in [0.15, 0.2) is 60.9 Å². The summed E-state index contributed by atoms with van der Waals surface area (Å²) >= 11 is 0. The van der Waals surface area contributed by atoms with E-state index in [0.717, 1.165) is 11.3 Å². The minimum atomic E-state index is -0.306. The largest absolute Gasteiger partial charge is 0.348 e. The Morgan fingerprint density at radius 2 is 1.57 bits per heavy atom. The maximum absolute atomic E-state index is 12.9. The molecule has 3 rings (SSSR count). The molecule has 6 heteroatoms. The summed E-state index contributed by atoms with van der Waals surface area (Å²) in [5.74, 6) is -0.177. The Balaban J connectivity index is 1.58. The van der Waals surface area contributed by atoms with Crippen molar-refractivity contribution in [1.29, 1.82) is 0 Å². The molecule has 0 saturated heterocycles. The van der Waals surface area contributed by atoms with Gasteiger partial charge in [-0.3, -0.25) is 4.79 Å². The third-order valence-corrected chi connectivity index (χ3v) is 4.29. The number of carbonyl (C=O) groups is 1. The highest BCUT2D eigenvalue weighted by atomic mass is 19.1. The molecular weight excluding hydrogens is 355 g/mol. The van der Waals surface area contributed by atoms with Crippen LogP contribution in [0.25, 0.3) is 0 Å². The van der Waals surface area contributed by atoms with E-state index in [4.69, 9.17) is 0 Å². The van der Waals surface area contributed by atoms with Gasteiger partial charge in [-0.15, -0.1) is 0 Å². The fourth-order valence-corrected chi connectivity index (χ4v) is 2.58. The number of hydrogen-bond acceptors (Lipinski definition) is 4. The lowest BCUT2D eigenvalue weighted by atomic mass is 9.87. The molecule has 0 unspecified atom stereocenters. The summed E-state index contributed by atoms with van der Waals surface area (Å²) in [5.41, 5.74) is 3.38. The van der Waals surface area contributed by atoms with Crippen molar-refractivity contribution in [3.8, 4) is 0 Å². The van der Waals surface area contributed by atoms with Gasteiger partial charge in [-0.25, -0.2) is 14.4 Å². The van der Waals surface area contributed by atoms with Gasteiger partial charge in [0.25, 0.3) is 5.91 Å². The Morgan fingerprint density at radius 3 is 2.14 bits per heavy atom. The van der Waals surface area contributed by atoms with E-state index in [1.165, 1.54) is 30.1 Å². The fourth-order valence-electron chi connectivity index (χ4n) is 2.58. The van der Waals surface area contributed by atoms with Gasteiger partial charge in [-0.2, -0.15) is 0 Å². The highest BCUT2D eigenvalue weighted by Crippen LogP contribution is 2.24. The van der Waals surface area contributed by atoms with Crippen molar-refractivity contribution in [3.63, 3.8) is 0 Å². The van der Waals surface area contributed by atoms with Crippen LogP contribution in [0.4, 0.5) is 16.0 Å². The van der Waals surface area contributed by atoms with Gasteiger partial charge >= 0.3 is 0 Å². The molecular formula is C22H23FN4O. The summed E-state index contributed by atoms with van der Waals surface area (Å²) in [4.78, 5) is 20.6. The second-order valence-corrected chi connectivity index (χ2v) is 7.56. The number of amides is 1. The second-order valence-electron chi connectivity index (χ2n) is 7.56. The molecule has 0 atom stereocenters. The molecule has 0 aliphatic carbocycles. The van der Waals surface area contributed by atoms with E-state index in [0.29, 0.717) is 18.1 Å². The quantitative estimate of drug-likeness (QED) is 0.682. The topological polar surface area (TPSA) is 66.9 Å². The first-order valence-electron chi connectivity index (χ1n) is 9.03. The van der Waals surface area contributed by atoms with Crippen LogP contribution in [0.5, 0.6) is 0 Å². The summed E-state index contributed by atoms with van der Waals surface area (Å²) in [6.45, 7) is 6.80. The molecule has 0 bridgehead atoms. The van der Waals surface area contributed by atoms with Gasteiger partial charge in [-0.1, -0.05) is 45.0 Å². The Labute approximate surface area is 164 Å². The molecule has 1 aromatic heterocycles. The molecule has 1 heterocycles. The number of nitrogens with zero attached hydrogens (tertiary/aromatic N) is 2. The van der Waals surface area contributed by atoms with Crippen molar-refractivity contribution >= 4 is 17.5 Å². The zero-order valence-electron chi connectivity index (χ0n) is 16.2. The van der Waals surface area contributed by atoms with Crippen LogP contribution in [0, 0.1) is 5.82 Å². The molecule has 2 N–H and O–H groups in total. The van der Waals surface area contributed by atoms with E-state index >= 15 is 0 Å². The number of nitrogens with one attached hydrogen (secondary N) is 2. The highest BCUT2D eigenvalue weighted by molar-refractivity contribution is 5.93. The summed E-state index contributed by atoms with van der Waals surface area (Å²) in [7, 11) is 0. The SMILES string of the molecule is CC(C)(C)c1ccc(Nc2ncc(C(=O)NCc3ccc(F)cc3)cn2)cc1. The molecule has 3 aromatic rings. The van der Waals surface area contributed by atoms with E-state index in [1.807, 2.05) is 12.1 Å². The average Bonchev–Trinajstić information content (AvgIpc) is 2.67. The molecule has 5 nitrogen and oxygen atoms in total. The van der Waals surface area contributed by atoms with Crippen LogP contribution >= 0.6 is 0 Å². The van der Waals surface area contributed by atoms with Gasteiger partial charge in [0.05, 0.1) is 5.56 Å². The number of hydrogen-bond donors (Lipinski definition) is 2. The molecule has 1 amide bonds. The minimum absolute atomic E-state index is 0.0952. The number of benzene rings is 2. The van der Waals surface area contributed by atoms with Crippen molar-refractivity contribution in [1.82, 2.24) is 15.3 Å². The predicted octanol–water partition coefficient (Wildman–Crippen LogP) is 4.59. The molecule has 28 heavy (non-hydrogen) atoms. The maximum Gasteiger partial charge on any atom is 0.254 e. The van der Waals surface area contributed by atoms with E-state index in [-0.39, 0.29) is 17.1 Å². The van der Waals surface area contributed by atoms with Crippen molar-refractivity contribution in [2.45, 2.75) is 32.7 Å². The van der Waals surface area contributed by atoms with Crippen LogP contribution < -0.4 is 10.6 Å². The normalized spacial score (nSPS) is 11.1. The Morgan fingerprint density at radius 1 is 0.964 bits per heavy atom. The minimum Gasteiger partial charge on any atom is -0.348 e. The number of rotatable bonds is 5. The number of aromatic nitrogens is 2. The van der Waals surface area contributed by atoms with Crippen molar-refractivity contribution in [2.24, 2.45) is 0 Å². The molecule has 144 valence electrons. The molecule has 0 aliphatic heterocycles. The van der Waals surface area contributed by atoms with E-state index < -0.39 is 0 Å². The summed E-state index contributed by atoms with van der Waals surface area (Å²) < 4.78 is 12.9. The Hall–Kier alpha value is -3.28. The summed E-state index contributed by atoms with van der Waals surface area (Å²) in [6, 6.07) is 14.1. The smallest absolute Gasteiger partial charge is 0.254 e. The molecule has 0 radical (unpaired) electrons. The van der Waals surface area contributed by atoms with Crippen LogP contribution in [0.1, 0.15) is 42.3 Å². The maximum atomic E-state index is 12.9. The zero-order valence-corrected chi connectivity index (χ0v) is 16.2. The summed E-state index contributed by atoms with van der Waals surface area (Å²) in [6.07, 6.45) is 2.94. The van der Waals surface area contributed by atoms with Crippen LogP contribution in [0.2, 0.25) is 0 Å². The van der Waals surface area contributed by atoms with Gasteiger partial charge < -0.3 is 10.6 Å². The Kier molecular flexibility index (Phi) is 5.68. The highest BCUT2D eigenvalue weighted by Gasteiger charge is 2.13. The first-order chi connectivity index (χ1) is 13.3. The standard InChI is InChI=1S/C22H23FN4O/c1-22(2,3)17-6-10-19(11-7-17)27-21-25-13-16(14-26-21)20(28)24-12-15-4-8-18(23)9-5-15/h4-11,13-14H,12H2,1-3H3,(H,24,28)(H,25,26,27). The van der Waals surface area contributed by atoms with Crippen LogP contribution in [-0.2, 0) is 12.0 Å². The fraction of sp³-hybridized carbons (Fsp3) is 0.227. The lowest BCUT2D eigenvalue weighted by Crippen LogP contribution is -2.23. The molecule has 0 spiro atoms. The van der Waals surface area contributed by atoms with Crippen molar-refractivity contribution < 1.29 is 9.18 Å². The van der Waals surface area contributed by atoms with E-state index in [9.17, 15) is 9.18 Å². The van der Waals surface area contributed by atoms with Crippen molar-refractivity contribution in [3.05, 3.63) is 83.4 Å². The van der Waals surface area contributed by atoms with Gasteiger partial charge in [0, 0.05) is 24.6 Å².